The number of hydrogen-bond donors (Lipinski definition) is 0. The minimum atomic E-state index is -4.73. The highest BCUT2D eigenvalue weighted by molar-refractivity contribution is 4.50. The Morgan fingerprint density at radius 3 is 1.40 bits per heavy atom. The topological polar surface area (TPSA) is 0 Å². The average Bonchev–Trinajstić information content (AvgIpc) is 1.64. The maximum atomic E-state index is 10.8. The van der Waals surface area contributed by atoms with Gasteiger partial charge in [-0.1, -0.05) is 0 Å². The summed E-state index contributed by atoms with van der Waals surface area (Å²) in [5, 5.41) is 0. The van der Waals surface area contributed by atoms with Crippen molar-refractivity contribution in [1.82, 2.24) is 0 Å². The quantitative estimate of drug-likeness (QED) is 0.528. The van der Waals surface area contributed by atoms with Crippen LogP contribution in [-0.4, -0.2) is 19.8 Å². The van der Waals surface area contributed by atoms with E-state index in [0.29, 0.717) is 7.18 Å². The molecular weight excluding hydrogens is 162 g/mol. The Hall–Kier alpha value is -0.420. The summed E-state index contributed by atoms with van der Waals surface area (Å²) in [7, 11) is 0.500. The van der Waals surface area contributed by atoms with E-state index in [0.717, 1.165) is 0 Å². The third-order valence-electron chi connectivity index (χ3n) is 0.386. The van der Waals surface area contributed by atoms with Crippen LogP contribution >= 0.6 is 0 Å². The first kappa shape index (κ1) is 12.3. The highest BCUT2D eigenvalue weighted by Crippen LogP contribution is 2.22. The number of hydrogen-bond acceptors (Lipinski definition) is 0. The number of rotatable bonds is 1. The van der Waals surface area contributed by atoms with Gasteiger partial charge in [0.25, 0.3) is 0 Å². The minimum Gasteiger partial charge on any atom is -0.255 e. The van der Waals surface area contributed by atoms with Crippen molar-refractivity contribution in [3.8, 4) is 0 Å². The molecule has 0 aromatic rings. The van der Waals surface area contributed by atoms with Crippen LogP contribution in [0, 0.1) is 0 Å². The second-order valence-electron chi connectivity index (χ2n) is 1.21. The molecule has 0 unspecified atom stereocenters. The molecule has 0 saturated carbocycles. The molecule has 0 amide bonds. The smallest absolute Gasteiger partial charge is 0.255 e. The molecule has 0 fully saturated rings. The summed E-state index contributed by atoms with van der Waals surface area (Å²) in [4.78, 5) is 0. The fourth-order valence-corrected chi connectivity index (χ4v) is 0.175. The molecule has 0 heterocycles. The van der Waals surface area contributed by atoms with Crippen LogP contribution in [0.4, 0.5) is 26.3 Å². The molecule has 0 aliphatic rings. The molecule has 0 aliphatic carbocycles. The molecule has 0 saturated heterocycles. The summed E-state index contributed by atoms with van der Waals surface area (Å²) in [6, 6.07) is 0. The summed E-state index contributed by atoms with van der Waals surface area (Å²) < 4.78 is 63.6. The SMILES string of the molecule is CF.FC(F)CC(F)(F)F. The molecule has 0 radical (unpaired) electrons. The van der Waals surface area contributed by atoms with E-state index in [9.17, 15) is 26.3 Å². The van der Waals surface area contributed by atoms with Crippen molar-refractivity contribution in [1.29, 1.82) is 0 Å². The maximum Gasteiger partial charge on any atom is 0.394 e. The molecule has 0 nitrogen and oxygen atoms in total. The normalized spacial score (nSPS) is 10.8. The molecule has 0 N–H and O–H groups in total. The van der Waals surface area contributed by atoms with Gasteiger partial charge in [-0.3, -0.25) is 4.39 Å². The Kier molecular flexibility index (Phi) is 6.59. The van der Waals surface area contributed by atoms with Crippen molar-refractivity contribution in [3.05, 3.63) is 0 Å². The Morgan fingerprint density at radius 1 is 1.10 bits per heavy atom. The van der Waals surface area contributed by atoms with E-state index in [1.165, 1.54) is 0 Å². The van der Waals surface area contributed by atoms with E-state index in [1.54, 1.807) is 0 Å². The Morgan fingerprint density at radius 2 is 1.40 bits per heavy atom. The molecule has 6 heteroatoms. The van der Waals surface area contributed by atoms with Gasteiger partial charge in [0.05, 0.1) is 7.18 Å². The van der Waals surface area contributed by atoms with E-state index >= 15 is 0 Å². The summed E-state index contributed by atoms with van der Waals surface area (Å²) in [5.41, 5.74) is 0. The molecule has 64 valence electrons. The Balaban J connectivity index is 0. The van der Waals surface area contributed by atoms with E-state index in [-0.39, 0.29) is 0 Å². The first-order valence-electron chi connectivity index (χ1n) is 2.14. The monoisotopic (exact) mass is 168 g/mol. The highest BCUT2D eigenvalue weighted by atomic mass is 19.4. The number of halogens is 6. The van der Waals surface area contributed by atoms with Crippen molar-refractivity contribution in [3.63, 3.8) is 0 Å². The van der Waals surface area contributed by atoms with E-state index in [1.807, 2.05) is 0 Å². The molecule has 0 atom stereocenters. The van der Waals surface area contributed by atoms with Crippen molar-refractivity contribution in [2.24, 2.45) is 0 Å². The molecule has 0 spiro atoms. The molecule has 0 aromatic heterocycles. The maximum absolute atomic E-state index is 10.8. The van der Waals surface area contributed by atoms with Crippen molar-refractivity contribution in [2.75, 3.05) is 7.18 Å². The second kappa shape index (κ2) is 5.37. The van der Waals surface area contributed by atoms with E-state index in [4.69, 9.17) is 0 Å². The van der Waals surface area contributed by atoms with Crippen LogP contribution < -0.4 is 0 Å². The van der Waals surface area contributed by atoms with Crippen LogP contribution in [0.1, 0.15) is 6.42 Å². The zero-order valence-electron chi connectivity index (χ0n) is 5.05. The van der Waals surface area contributed by atoms with Crippen LogP contribution in [-0.2, 0) is 0 Å². The van der Waals surface area contributed by atoms with Crippen LogP contribution in [0.15, 0.2) is 0 Å². The molecule has 0 aromatic carbocycles. The van der Waals surface area contributed by atoms with Crippen LogP contribution in [0.3, 0.4) is 0 Å². The van der Waals surface area contributed by atoms with Crippen molar-refractivity contribution < 1.29 is 26.3 Å². The van der Waals surface area contributed by atoms with Crippen LogP contribution in [0.25, 0.3) is 0 Å². The molecule has 10 heavy (non-hydrogen) atoms. The fraction of sp³-hybridized carbons (Fsp3) is 1.00. The van der Waals surface area contributed by atoms with Gasteiger partial charge in [-0.05, 0) is 0 Å². The zero-order valence-corrected chi connectivity index (χ0v) is 5.05. The second-order valence-corrected chi connectivity index (χ2v) is 1.21. The third-order valence-corrected chi connectivity index (χ3v) is 0.386. The lowest BCUT2D eigenvalue weighted by Gasteiger charge is -2.02. The summed E-state index contributed by atoms with van der Waals surface area (Å²) in [6.07, 6.45) is -10.0. The molecule has 0 rings (SSSR count). The van der Waals surface area contributed by atoms with E-state index < -0.39 is 19.0 Å². The summed E-state index contributed by atoms with van der Waals surface area (Å²) >= 11 is 0. The van der Waals surface area contributed by atoms with E-state index in [2.05, 4.69) is 0 Å². The van der Waals surface area contributed by atoms with Gasteiger partial charge in [0, 0.05) is 0 Å². The summed E-state index contributed by atoms with van der Waals surface area (Å²) in [5.74, 6) is 0. The van der Waals surface area contributed by atoms with Gasteiger partial charge >= 0.3 is 6.18 Å². The van der Waals surface area contributed by atoms with Crippen molar-refractivity contribution >= 4 is 0 Å². The van der Waals surface area contributed by atoms with Gasteiger partial charge in [0.2, 0.25) is 6.43 Å². The van der Waals surface area contributed by atoms with Gasteiger partial charge in [0.15, 0.2) is 0 Å². The van der Waals surface area contributed by atoms with Crippen molar-refractivity contribution in [2.45, 2.75) is 19.0 Å². The van der Waals surface area contributed by atoms with Gasteiger partial charge in [-0.15, -0.1) is 0 Å². The largest absolute Gasteiger partial charge is 0.394 e. The molecular formula is C4H6F6. The standard InChI is InChI=1S/C3H3F5.CH3F/c4-2(5)1-3(6,7)8;1-2/h2H,1H2;1H3. The highest BCUT2D eigenvalue weighted by Gasteiger charge is 2.31. The summed E-state index contributed by atoms with van der Waals surface area (Å²) in [6.45, 7) is 0. The predicted molar refractivity (Wildman–Crippen MR) is 23.7 cm³/mol. The van der Waals surface area contributed by atoms with Crippen LogP contribution in [0.5, 0.6) is 0 Å². The lowest BCUT2D eigenvalue weighted by Crippen LogP contribution is -2.12. The predicted octanol–water partition coefficient (Wildman–Crippen LogP) is 2.79. The average molecular weight is 168 g/mol. The Labute approximate surface area is 53.8 Å². The molecule has 0 aliphatic heterocycles. The minimum absolute atomic E-state index is 0.500. The number of alkyl halides is 6. The first-order chi connectivity index (χ1) is 4.42. The van der Waals surface area contributed by atoms with Gasteiger partial charge in [-0.2, -0.15) is 13.2 Å². The first-order valence-corrected chi connectivity index (χ1v) is 2.14. The van der Waals surface area contributed by atoms with Gasteiger partial charge in [-0.25, -0.2) is 8.78 Å². The third kappa shape index (κ3) is 15.6. The Bertz CT molecular complexity index is 64.6. The van der Waals surface area contributed by atoms with Gasteiger partial charge < -0.3 is 0 Å². The zero-order chi connectivity index (χ0) is 8.78. The molecule has 0 bridgehead atoms. The lowest BCUT2D eigenvalue weighted by atomic mass is 10.4. The van der Waals surface area contributed by atoms with Crippen LogP contribution in [0.2, 0.25) is 0 Å². The van der Waals surface area contributed by atoms with Gasteiger partial charge in [0.1, 0.15) is 6.42 Å². The lowest BCUT2D eigenvalue weighted by molar-refractivity contribution is -0.158. The fourth-order valence-electron chi connectivity index (χ4n) is 0.175.